The first-order chi connectivity index (χ1) is 23.3. The summed E-state index contributed by atoms with van der Waals surface area (Å²) >= 11 is 0. The maximum Gasteiger partial charge on any atom is 0.145 e. The van der Waals surface area contributed by atoms with Crippen LogP contribution in [0.2, 0.25) is 0 Å². The highest BCUT2D eigenvalue weighted by Gasteiger charge is 2.22. The molecule has 0 aliphatic rings. The van der Waals surface area contributed by atoms with Gasteiger partial charge in [-0.1, -0.05) is 97.1 Å². The van der Waals surface area contributed by atoms with Crippen LogP contribution >= 0.6 is 0 Å². The first kappa shape index (κ1) is 25.7. The Morgan fingerprint density at radius 3 is 1.94 bits per heavy atom. The Bertz CT molecular complexity index is 2860. The second-order valence-electron chi connectivity index (χ2n) is 12.0. The molecule has 10 aromatic rings. The largest absolute Gasteiger partial charge is 0.455 e. The lowest BCUT2D eigenvalue weighted by atomic mass is 9.98. The third kappa shape index (κ3) is 3.57. The van der Waals surface area contributed by atoms with Crippen LogP contribution in [0.4, 0.5) is 0 Å². The second-order valence-corrected chi connectivity index (χ2v) is 12.0. The van der Waals surface area contributed by atoms with E-state index in [4.69, 9.17) is 4.42 Å². The van der Waals surface area contributed by atoms with Crippen molar-refractivity contribution in [2.24, 2.45) is 0 Å². The molecule has 218 valence electrons. The topological polar surface area (TPSA) is 46.8 Å². The number of furan rings is 1. The van der Waals surface area contributed by atoms with Gasteiger partial charge in [0.05, 0.1) is 38.7 Å². The minimum Gasteiger partial charge on any atom is -0.455 e. The predicted octanol–water partition coefficient (Wildman–Crippen LogP) is 11.3. The third-order valence-corrected chi connectivity index (χ3v) is 9.56. The summed E-state index contributed by atoms with van der Waals surface area (Å²) in [5.74, 6) is 0. The molecule has 3 aromatic heterocycles. The molecule has 0 N–H and O–H groups in total. The predicted molar refractivity (Wildman–Crippen MR) is 193 cm³/mol. The number of fused-ring (bicyclic) bond motifs is 10. The number of rotatable bonds is 3. The molecule has 0 radical (unpaired) electrons. The average molecular weight is 600 g/mol. The van der Waals surface area contributed by atoms with Gasteiger partial charge in [0.25, 0.3) is 0 Å². The first-order valence-electron chi connectivity index (χ1n) is 15.8. The lowest BCUT2D eigenvalue weighted by molar-refractivity contribution is 0.673. The molecule has 0 spiro atoms. The smallest absolute Gasteiger partial charge is 0.145 e. The Balaban J connectivity index is 1.32. The summed E-state index contributed by atoms with van der Waals surface area (Å²) in [5.41, 5.74) is 10.7. The number of para-hydroxylation sites is 5. The zero-order valence-corrected chi connectivity index (χ0v) is 25.2. The molecule has 4 nitrogen and oxygen atoms in total. The van der Waals surface area contributed by atoms with Crippen molar-refractivity contribution in [3.05, 3.63) is 157 Å². The monoisotopic (exact) mass is 599 g/mol. The number of aromatic nitrogens is 2. The number of hydrogen-bond acceptors (Lipinski definition) is 2. The van der Waals surface area contributed by atoms with Gasteiger partial charge in [-0.15, -0.1) is 0 Å². The van der Waals surface area contributed by atoms with E-state index in [1.165, 1.54) is 0 Å². The van der Waals surface area contributed by atoms with E-state index in [0.717, 1.165) is 88.1 Å². The molecule has 10 rings (SSSR count). The molecular formula is C43H25N3O. The van der Waals surface area contributed by atoms with E-state index in [-0.39, 0.29) is 0 Å². The molecule has 0 aliphatic heterocycles. The molecular weight excluding hydrogens is 574 g/mol. The fraction of sp³-hybridized carbons (Fsp3) is 0. The molecule has 0 bridgehead atoms. The van der Waals surface area contributed by atoms with Crippen LogP contribution in [0.25, 0.3) is 88.1 Å². The second kappa shape index (κ2) is 9.71. The summed E-state index contributed by atoms with van der Waals surface area (Å²) in [6, 6.07) is 55.2. The molecule has 0 unspecified atom stereocenters. The highest BCUT2D eigenvalue weighted by molar-refractivity contribution is 6.24. The summed E-state index contributed by atoms with van der Waals surface area (Å²) < 4.78 is 11.2. The van der Waals surface area contributed by atoms with Crippen molar-refractivity contribution in [3.8, 4) is 28.6 Å². The van der Waals surface area contributed by atoms with Crippen molar-refractivity contribution < 1.29 is 4.42 Å². The van der Waals surface area contributed by atoms with Crippen LogP contribution in [-0.2, 0) is 0 Å². The van der Waals surface area contributed by atoms with Gasteiger partial charge in [0.1, 0.15) is 17.2 Å². The standard InChI is InChI=1S/C43H25N3O/c44-26-28-11-10-17-30(42(28)46-36-18-7-4-14-31(36)32-15-5-8-19-37(32)46)27-21-22-35-39(25-27)45(29-12-2-1-3-13-29)38-24-23-34-33-16-6-9-20-40(33)47-43(34)41(35)38/h1-25H. The Kier molecular flexibility index (Phi) is 5.32. The summed E-state index contributed by atoms with van der Waals surface area (Å²) in [6.07, 6.45) is 0. The van der Waals surface area contributed by atoms with Crippen molar-refractivity contribution in [2.45, 2.75) is 0 Å². The highest BCUT2D eigenvalue weighted by atomic mass is 16.3. The summed E-state index contributed by atoms with van der Waals surface area (Å²) in [5, 5.41) is 17.2. The molecule has 0 saturated carbocycles. The molecule has 3 heterocycles. The fourth-order valence-corrected chi connectivity index (χ4v) is 7.58. The van der Waals surface area contributed by atoms with Crippen LogP contribution in [-0.4, -0.2) is 9.13 Å². The average Bonchev–Trinajstić information content (AvgIpc) is 3.79. The first-order valence-corrected chi connectivity index (χ1v) is 15.8. The van der Waals surface area contributed by atoms with Gasteiger partial charge in [-0.2, -0.15) is 5.26 Å². The lowest BCUT2D eigenvalue weighted by Gasteiger charge is -2.16. The lowest BCUT2D eigenvalue weighted by Crippen LogP contribution is -2.01. The van der Waals surface area contributed by atoms with Crippen LogP contribution in [0.1, 0.15) is 5.56 Å². The summed E-state index contributed by atoms with van der Waals surface area (Å²) in [4.78, 5) is 0. The number of benzene rings is 7. The van der Waals surface area contributed by atoms with Gasteiger partial charge in [0.2, 0.25) is 0 Å². The molecule has 0 amide bonds. The Morgan fingerprint density at radius 2 is 1.17 bits per heavy atom. The van der Waals surface area contributed by atoms with Gasteiger partial charge in [-0.05, 0) is 60.2 Å². The van der Waals surface area contributed by atoms with Crippen LogP contribution in [0.3, 0.4) is 0 Å². The molecule has 0 atom stereocenters. The van der Waals surface area contributed by atoms with Crippen LogP contribution in [0, 0.1) is 11.3 Å². The summed E-state index contributed by atoms with van der Waals surface area (Å²) in [6.45, 7) is 0. The van der Waals surface area contributed by atoms with E-state index < -0.39 is 0 Å². The number of nitrogens with zero attached hydrogens (tertiary/aromatic N) is 3. The van der Waals surface area contributed by atoms with Gasteiger partial charge >= 0.3 is 0 Å². The minimum absolute atomic E-state index is 0.627. The van der Waals surface area contributed by atoms with Gasteiger partial charge in [-0.3, -0.25) is 0 Å². The van der Waals surface area contributed by atoms with Gasteiger partial charge in [0.15, 0.2) is 0 Å². The van der Waals surface area contributed by atoms with Gasteiger partial charge < -0.3 is 13.6 Å². The van der Waals surface area contributed by atoms with Crippen molar-refractivity contribution in [2.75, 3.05) is 0 Å². The van der Waals surface area contributed by atoms with E-state index >= 15 is 0 Å². The Hall–Kier alpha value is -6.57. The maximum absolute atomic E-state index is 10.5. The van der Waals surface area contributed by atoms with Crippen molar-refractivity contribution in [1.29, 1.82) is 5.26 Å². The molecule has 47 heavy (non-hydrogen) atoms. The summed E-state index contributed by atoms with van der Waals surface area (Å²) in [7, 11) is 0. The Morgan fingerprint density at radius 1 is 0.489 bits per heavy atom. The zero-order valence-electron chi connectivity index (χ0n) is 25.2. The maximum atomic E-state index is 10.5. The van der Waals surface area contributed by atoms with E-state index in [2.05, 4.69) is 137 Å². The molecule has 0 aliphatic carbocycles. The minimum atomic E-state index is 0.627. The fourth-order valence-electron chi connectivity index (χ4n) is 7.58. The molecule has 7 aromatic carbocycles. The normalized spacial score (nSPS) is 11.8. The van der Waals surface area contributed by atoms with E-state index in [1.54, 1.807) is 0 Å². The van der Waals surface area contributed by atoms with Crippen LogP contribution < -0.4 is 0 Å². The molecule has 0 fully saturated rings. The van der Waals surface area contributed by atoms with Gasteiger partial charge in [-0.25, -0.2) is 0 Å². The van der Waals surface area contributed by atoms with E-state index in [1.807, 2.05) is 30.3 Å². The Labute approximate surface area is 269 Å². The third-order valence-electron chi connectivity index (χ3n) is 9.56. The number of nitriles is 1. The molecule has 0 saturated heterocycles. The van der Waals surface area contributed by atoms with Crippen molar-refractivity contribution in [1.82, 2.24) is 9.13 Å². The van der Waals surface area contributed by atoms with E-state index in [9.17, 15) is 5.26 Å². The van der Waals surface area contributed by atoms with Crippen LogP contribution in [0.5, 0.6) is 0 Å². The van der Waals surface area contributed by atoms with Crippen molar-refractivity contribution >= 4 is 65.6 Å². The molecule has 4 heteroatoms. The quantitative estimate of drug-likeness (QED) is 0.203. The van der Waals surface area contributed by atoms with E-state index in [0.29, 0.717) is 5.56 Å². The zero-order chi connectivity index (χ0) is 31.1. The van der Waals surface area contributed by atoms with Crippen molar-refractivity contribution in [3.63, 3.8) is 0 Å². The number of hydrogen-bond donors (Lipinski definition) is 0. The van der Waals surface area contributed by atoms with Gasteiger partial charge in [0, 0.05) is 38.2 Å². The SMILES string of the molecule is N#Cc1cccc(-c2ccc3c4c5oc6ccccc6c5ccc4n(-c4ccccc4)c3c2)c1-n1c2ccccc2c2ccccc21. The van der Waals surface area contributed by atoms with Crippen LogP contribution in [0.15, 0.2) is 156 Å². The highest BCUT2D eigenvalue weighted by Crippen LogP contribution is 2.43.